The van der Waals surface area contributed by atoms with Gasteiger partial charge in [0.05, 0.1) is 24.7 Å². The minimum atomic E-state index is -0.851. The molecule has 0 saturated carbocycles. The average Bonchev–Trinajstić information content (AvgIpc) is 2.51. The normalized spacial score (nSPS) is 12.6. The minimum absolute atomic E-state index is 0.0499. The Labute approximate surface area is 99.8 Å². The number of carbonyl (C=O) groups is 1. The second kappa shape index (κ2) is 4.89. The van der Waals surface area contributed by atoms with Crippen LogP contribution in [0.2, 0.25) is 0 Å². The molecular weight excluding hydrogens is 230 g/mol. The monoisotopic (exact) mass is 245 g/mol. The zero-order valence-corrected chi connectivity index (χ0v) is 10.6. The van der Waals surface area contributed by atoms with E-state index in [0.717, 1.165) is 11.4 Å². The highest BCUT2D eigenvalue weighted by Gasteiger charge is 2.26. The average molecular weight is 246 g/mol. The van der Waals surface area contributed by atoms with Crippen LogP contribution in [0.4, 0.5) is 0 Å². The van der Waals surface area contributed by atoms with Gasteiger partial charge in [-0.25, -0.2) is 4.79 Å². The lowest BCUT2D eigenvalue weighted by Crippen LogP contribution is -2.09. The number of nitrogens with zero attached hydrogens (tertiary/aromatic N) is 1. The fraction of sp³-hybridized carbons (Fsp3) is 0.545. The van der Waals surface area contributed by atoms with Gasteiger partial charge in [0.2, 0.25) is 0 Å². The van der Waals surface area contributed by atoms with E-state index < -0.39 is 12.1 Å². The van der Waals surface area contributed by atoms with Gasteiger partial charge in [0.25, 0.3) is 0 Å². The van der Waals surface area contributed by atoms with Gasteiger partial charge in [0.1, 0.15) is 0 Å². The van der Waals surface area contributed by atoms with Gasteiger partial charge in [-0.05, 0) is 13.8 Å². The lowest BCUT2D eigenvalue weighted by atomic mass is 10.0. The number of aliphatic hydroxyl groups is 1. The Morgan fingerprint density at radius 1 is 1.50 bits per heavy atom. The SMILES string of the molecule is COC(=O)c1c(C(O)CCl)c(C)n(C)c1C. The number of aromatic nitrogens is 1. The molecule has 0 aliphatic rings. The predicted octanol–water partition coefficient (Wildman–Crippen LogP) is 1.70. The van der Waals surface area contributed by atoms with Crippen molar-refractivity contribution >= 4 is 17.6 Å². The highest BCUT2D eigenvalue weighted by atomic mass is 35.5. The number of carbonyl (C=O) groups excluding carboxylic acids is 1. The molecule has 1 heterocycles. The van der Waals surface area contributed by atoms with E-state index in [9.17, 15) is 9.90 Å². The predicted molar refractivity (Wildman–Crippen MR) is 61.9 cm³/mol. The number of aliphatic hydroxyl groups excluding tert-OH is 1. The van der Waals surface area contributed by atoms with E-state index >= 15 is 0 Å². The van der Waals surface area contributed by atoms with Crippen LogP contribution in [0.3, 0.4) is 0 Å². The molecule has 1 N–H and O–H groups in total. The molecule has 5 heteroatoms. The van der Waals surface area contributed by atoms with Crippen molar-refractivity contribution in [1.29, 1.82) is 0 Å². The number of methoxy groups -OCH3 is 1. The van der Waals surface area contributed by atoms with Crippen LogP contribution in [0.25, 0.3) is 0 Å². The highest BCUT2D eigenvalue weighted by Crippen LogP contribution is 2.28. The summed E-state index contributed by atoms with van der Waals surface area (Å²) in [5, 5.41) is 9.82. The van der Waals surface area contributed by atoms with Crippen molar-refractivity contribution in [3.63, 3.8) is 0 Å². The number of esters is 1. The molecule has 0 aromatic carbocycles. The van der Waals surface area contributed by atoms with Gasteiger partial charge in [0, 0.05) is 24.0 Å². The molecule has 0 aliphatic heterocycles. The quantitative estimate of drug-likeness (QED) is 0.652. The number of hydrogen-bond donors (Lipinski definition) is 1. The van der Waals surface area contributed by atoms with Gasteiger partial charge in [-0.1, -0.05) is 0 Å². The Morgan fingerprint density at radius 3 is 2.50 bits per heavy atom. The van der Waals surface area contributed by atoms with Crippen LogP contribution >= 0.6 is 11.6 Å². The standard InChI is InChI=1S/C11H16ClNO3/c1-6-9(8(14)5-12)10(11(15)16-4)7(2)13(6)3/h8,14H,5H2,1-4H3. The maximum atomic E-state index is 11.7. The zero-order valence-electron chi connectivity index (χ0n) is 9.87. The van der Waals surface area contributed by atoms with Crippen molar-refractivity contribution in [3.8, 4) is 0 Å². The first-order valence-electron chi connectivity index (χ1n) is 4.93. The first-order valence-corrected chi connectivity index (χ1v) is 5.47. The topological polar surface area (TPSA) is 51.5 Å². The van der Waals surface area contributed by atoms with Crippen LogP contribution in [-0.4, -0.2) is 28.6 Å². The summed E-state index contributed by atoms with van der Waals surface area (Å²) in [4.78, 5) is 11.7. The van der Waals surface area contributed by atoms with Crippen molar-refractivity contribution in [1.82, 2.24) is 4.57 Å². The Hall–Kier alpha value is -1.00. The second-order valence-corrected chi connectivity index (χ2v) is 3.99. The van der Waals surface area contributed by atoms with Gasteiger partial charge in [-0.3, -0.25) is 0 Å². The minimum Gasteiger partial charge on any atom is -0.465 e. The lowest BCUT2D eigenvalue weighted by Gasteiger charge is -2.09. The summed E-state index contributed by atoms with van der Waals surface area (Å²) in [5.41, 5.74) is 2.56. The molecule has 1 rings (SSSR count). The van der Waals surface area contributed by atoms with Crippen molar-refractivity contribution < 1.29 is 14.6 Å². The molecule has 0 fully saturated rings. The molecule has 1 unspecified atom stereocenters. The first kappa shape index (κ1) is 13.1. The number of ether oxygens (including phenoxy) is 1. The van der Waals surface area contributed by atoms with Crippen LogP contribution < -0.4 is 0 Å². The molecule has 0 bridgehead atoms. The molecule has 0 aliphatic carbocycles. The molecule has 0 saturated heterocycles. The number of hydrogen-bond acceptors (Lipinski definition) is 3. The molecule has 16 heavy (non-hydrogen) atoms. The third kappa shape index (κ3) is 1.95. The van der Waals surface area contributed by atoms with Gasteiger partial charge >= 0.3 is 5.97 Å². The molecule has 4 nitrogen and oxygen atoms in total. The maximum Gasteiger partial charge on any atom is 0.340 e. The van der Waals surface area contributed by atoms with Crippen LogP contribution in [0.5, 0.6) is 0 Å². The number of halogens is 1. The van der Waals surface area contributed by atoms with Crippen molar-refractivity contribution in [2.45, 2.75) is 20.0 Å². The fourth-order valence-electron chi connectivity index (χ4n) is 1.82. The molecule has 1 aromatic heterocycles. The smallest absolute Gasteiger partial charge is 0.340 e. The first-order chi connectivity index (χ1) is 7.45. The van der Waals surface area contributed by atoms with Crippen molar-refractivity contribution in [3.05, 3.63) is 22.5 Å². The number of alkyl halides is 1. The maximum absolute atomic E-state index is 11.7. The Bertz CT molecular complexity index is 412. The molecule has 1 aromatic rings. The highest BCUT2D eigenvalue weighted by molar-refractivity contribution is 6.18. The molecular formula is C11H16ClNO3. The van der Waals surface area contributed by atoms with Gasteiger partial charge in [-0.15, -0.1) is 11.6 Å². The van der Waals surface area contributed by atoms with Gasteiger partial charge in [-0.2, -0.15) is 0 Å². The van der Waals surface area contributed by atoms with E-state index in [1.165, 1.54) is 7.11 Å². The van der Waals surface area contributed by atoms with E-state index in [1.807, 2.05) is 25.5 Å². The van der Waals surface area contributed by atoms with Crippen molar-refractivity contribution in [2.24, 2.45) is 7.05 Å². The van der Waals surface area contributed by atoms with E-state index in [4.69, 9.17) is 16.3 Å². The van der Waals surface area contributed by atoms with Gasteiger partial charge in [0.15, 0.2) is 0 Å². The van der Waals surface area contributed by atoms with Crippen LogP contribution in [0.15, 0.2) is 0 Å². The summed E-state index contributed by atoms with van der Waals surface area (Å²) >= 11 is 5.63. The summed E-state index contributed by atoms with van der Waals surface area (Å²) in [6.45, 7) is 3.65. The van der Waals surface area contributed by atoms with Crippen LogP contribution in [0, 0.1) is 13.8 Å². The molecule has 0 radical (unpaired) electrons. The fourth-order valence-corrected chi connectivity index (χ4v) is 1.97. The zero-order chi connectivity index (χ0) is 12.5. The summed E-state index contributed by atoms with van der Waals surface area (Å²) in [6, 6.07) is 0. The summed E-state index contributed by atoms with van der Waals surface area (Å²) in [5.74, 6) is -0.394. The van der Waals surface area contributed by atoms with Crippen LogP contribution in [0.1, 0.15) is 33.4 Å². The lowest BCUT2D eigenvalue weighted by molar-refractivity contribution is 0.0594. The Kier molecular flexibility index (Phi) is 3.99. The molecule has 90 valence electrons. The molecule has 0 spiro atoms. The van der Waals surface area contributed by atoms with Crippen molar-refractivity contribution in [2.75, 3.05) is 13.0 Å². The summed E-state index contributed by atoms with van der Waals surface area (Å²) < 4.78 is 6.56. The van der Waals surface area contributed by atoms with Crippen LogP contribution in [-0.2, 0) is 11.8 Å². The molecule has 1 atom stereocenters. The number of rotatable bonds is 3. The second-order valence-electron chi connectivity index (χ2n) is 3.68. The summed E-state index contributed by atoms with van der Waals surface area (Å²) in [7, 11) is 3.16. The Balaban J connectivity index is 3.45. The third-order valence-corrected chi connectivity index (χ3v) is 3.19. The van der Waals surface area contributed by atoms with E-state index in [1.54, 1.807) is 0 Å². The third-order valence-electron chi connectivity index (χ3n) is 2.90. The van der Waals surface area contributed by atoms with E-state index in [0.29, 0.717) is 11.1 Å². The Morgan fingerprint density at radius 2 is 2.06 bits per heavy atom. The van der Waals surface area contributed by atoms with E-state index in [2.05, 4.69) is 0 Å². The largest absolute Gasteiger partial charge is 0.465 e. The summed E-state index contributed by atoms with van der Waals surface area (Å²) in [6.07, 6.45) is -0.851. The van der Waals surface area contributed by atoms with E-state index in [-0.39, 0.29) is 5.88 Å². The van der Waals surface area contributed by atoms with Gasteiger partial charge < -0.3 is 14.4 Å². The molecule has 0 amide bonds.